The molecule has 2 heteroatoms. The van der Waals surface area contributed by atoms with E-state index in [1.165, 1.54) is 74.9 Å². The van der Waals surface area contributed by atoms with Crippen LogP contribution in [0.25, 0.3) is 50.0 Å². The molecule has 0 fully saturated rings. The maximum atomic E-state index is 2.50. The van der Waals surface area contributed by atoms with Crippen LogP contribution in [0, 0.1) is 0 Å². The Morgan fingerprint density at radius 1 is 0.360 bits per heavy atom. The highest BCUT2D eigenvalue weighted by Crippen LogP contribution is 2.39. The summed E-state index contributed by atoms with van der Waals surface area (Å²) in [7, 11) is 0. The summed E-state index contributed by atoms with van der Waals surface area (Å²) in [6, 6.07) is 66.0. The lowest BCUT2D eigenvalue weighted by molar-refractivity contribution is 0.667. The van der Waals surface area contributed by atoms with Gasteiger partial charge in [-0.05, 0) is 119 Å². The number of aryl methyl sites for hydroxylation is 1. The SMILES string of the molecule is c1ccc(-c2ccc(N(c3ccc(-c4ccccc4)cc3)c3ccc(-c4ccc(-n5c6c(c7ccccc75)CCCC6)cc4)cc3)cc2)cc1. The van der Waals surface area contributed by atoms with Gasteiger partial charge in [-0.2, -0.15) is 0 Å². The first kappa shape index (κ1) is 30.0. The predicted molar refractivity (Wildman–Crippen MR) is 211 cm³/mol. The van der Waals surface area contributed by atoms with Gasteiger partial charge in [0.15, 0.2) is 0 Å². The highest BCUT2D eigenvalue weighted by Gasteiger charge is 2.21. The largest absolute Gasteiger partial charge is 0.313 e. The van der Waals surface area contributed by atoms with Crippen molar-refractivity contribution in [1.82, 2.24) is 4.57 Å². The molecule has 0 N–H and O–H groups in total. The van der Waals surface area contributed by atoms with Gasteiger partial charge in [-0.15, -0.1) is 0 Å². The molecule has 0 aliphatic heterocycles. The summed E-state index contributed by atoms with van der Waals surface area (Å²) < 4.78 is 2.50. The lowest BCUT2D eigenvalue weighted by atomic mass is 9.95. The standard InChI is InChI=1S/C48H38N2/c1-3-11-35(12-4-1)37-19-27-41(28-20-37)49(42-29-21-38(22-30-42)36-13-5-2-6-14-36)43-31-23-39(24-32-43)40-25-33-44(34-26-40)50-47-17-9-7-15-45(47)46-16-8-10-18-48(46)50/h1-7,9,11-15,17,19-34H,8,10,16,18H2. The van der Waals surface area contributed by atoms with Gasteiger partial charge < -0.3 is 9.47 Å². The third-order valence-electron chi connectivity index (χ3n) is 10.2. The van der Waals surface area contributed by atoms with E-state index in [4.69, 9.17) is 0 Å². The second-order valence-corrected chi connectivity index (χ2v) is 13.2. The Labute approximate surface area is 294 Å². The Balaban J connectivity index is 1.04. The molecule has 0 saturated carbocycles. The summed E-state index contributed by atoms with van der Waals surface area (Å²) in [5.41, 5.74) is 16.2. The van der Waals surface area contributed by atoms with Crippen LogP contribution in [0.3, 0.4) is 0 Å². The number of hydrogen-bond donors (Lipinski definition) is 0. The van der Waals surface area contributed by atoms with Crippen LogP contribution in [0.1, 0.15) is 24.1 Å². The fraction of sp³-hybridized carbons (Fsp3) is 0.0833. The lowest BCUT2D eigenvalue weighted by Crippen LogP contribution is -2.09. The summed E-state index contributed by atoms with van der Waals surface area (Å²) in [4.78, 5) is 2.34. The number of nitrogens with zero attached hydrogens (tertiary/aromatic N) is 2. The Hall–Kier alpha value is -6.12. The first-order valence-corrected chi connectivity index (χ1v) is 17.7. The molecular formula is C48H38N2. The van der Waals surface area contributed by atoms with Gasteiger partial charge in [0.05, 0.1) is 5.52 Å². The summed E-state index contributed by atoms with van der Waals surface area (Å²) in [6.45, 7) is 0. The van der Waals surface area contributed by atoms with Crippen LogP contribution in [0.15, 0.2) is 182 Å². The van der Waals surface area contributed by atoms with Crippen molar-refractivity contribution in [3.8, 4) is 39.1 Å². The van der Waals surface area contributed by atoms with Crippen molar-refractivity contribution in [2.45, 2.75) is 25.7 Å². The molecule has 8 aromatic rings. The number of fused-ring (bicyclic) bond motifs is 3. The minimum absolute atomic E-state index is 1.12. The number of para-hydroxylation sites is 1. The normalized spacial score (nSPS) is 12.5. The molecule has 1 aliphatic rings. The second-order valence-electron chi connectivity index (χ2n) is 13.2. The fourth-order valence-corrected chi connectivity index (χ4v) is 7.71. The minimum Gasteiger partial charge on any atom is -0.313 e. The molecular weight excluding hydrogens is 605 g/mol. The average Bonchev–Trinajstić information content (AvgIpc) is 3.54. The van der Waals surface area contributed by atoms with Crippen LogP contribution >= 0.6 is 0 Å². The molecule has 2 nitrogen and oxygen atoms in total. The van der Waals surface area contributed by atoms with Crippen LogP contribution in [0.4, 0.5) is 17.1 Å². The van der Waals surface area contributed by atoms with E-state index in [-0.39, 0.29) is 0 Å². The van der Waals surface area contributed by atoms with Crippen LogP contribution in [0.2, 0.25) is 0 Å². The van der Waals surface area contributed by atoms with Crippen molar-refractivity contribution in [2.75, 3.05) is 4.90 Å². The number of anilines is 3. The first-order valence-electron chi connectivity index (χ1n) is 17.7. The van der Waals surface area contributed by atoms with Gasteiger partial charge in [-0.1, -0.05) is 127 Å². The van der Waals surface area contributed by atoms with Crippen LogP contribution in [0.5, 0.6) is 0 Å². The smallest absolute Gasteiger partial charge is 0.0534 e. The van der Waals surface area contributed by atoms with E-state index < -0.39 is 0 Å². The van der Waals surface area contributed by atoms with E-state index in [1.807, 2.05) is 0 Å². The van der Waals surface area contributed by atoms with Gasteiger partial charge in [0.2, 0.25) is 0 Å². The third kappa shape index (κ3) is 5.59. The van der Waals surface area contributed by atoms with E-state index in [0.29, 0.717) is 0 Å². The van der Waals surface area contributed by atoms with Crippen LogP contribution in [-0.4, -0.2) is 4.57 Å². The minimum atomic E-state index is 1.12. The van der Waals surface area contributed by atoms with Gasteiger partial charge in [-0.3, -0.25) is 0 Å². The molecule has 0 saturated heterocycles. The Morgan fingerprint density at radius 2 is 0.760 bits per heavy atom. The Morgan fingerprint density at radius 3 is 1.26 bits per heavy atom. The molecule has 7 aromatic carbocycles. The zero-order valence-corrected chi connectivity index (χ0v) is 28.0. The summed E-state index contributed by atoms with van der Waals surface area (Å²) in [6.07, 6.45) is 4.87. The maximum Gasteiger partial charge on any atom is 0.0534 e. The van der Waals surface area contributed by atoms with Crippen LogP contribution in [-0.2, 0) is 12.8 Å². The number of benzene rings is 7. The third-order valence-corrected chi connectivity index (χ3v) is 10.2. The average molecular weight is 643 g/mol. The monoisotopic (exact) mass is 642 g/mol. The van der Waals surface area contributed by atoms with Gasteiger partial charge in [0.1, 0.15) is 0 Å². The molecule has 0 atom stereocenters. The molecule has 0 bridgehead atoms. The van der Waals surface area contributed by atoms with Crippen molar-refractivity contribution < 1.29 is 0 Å². The van der Waals surface area contributed by atoms with E-state index >= 15 is 0 Å². The molecule has 240 valence electrons. The maximum absolute atomic E-state index is 2.50. The molecule has 1 aromatic heterocycles. The van der Waals surface area contributed by atoms with Crippen molar-refractivity contribution in [1.29, 1.82) is 0 Å². The van der Waals surface area contributed by atoms with E-state index in [9.17, 15) is 0 Å². The molecule has 9 rings (SSSR count). The zero-order valence-electron chi connectivity index (χ0n) is 28.0. The molecule has 0 unspecified atom stereocenters. The number of aromatic nitrogens is 1. The lowest BCUT2D eigenvalue weighted by Gasteiger charge is -2.26. The quantitative estimate of drug-likeness (QED) is 0.168. The predicted octanol–water partition coefficient (Wildman–Crippen LogP) is 13.0. The van der Waals surface area contributed by atoms with Crippen molar-refractivity contribution in [2.24, 2.45) is 0 Å². The van der Waals surface area contributed by atoms with Gasteiger partial charge in [0.25, 0.3) is 0 Å². The molecule has 1 heterocycles. The van der Waals surface area contributed by atoms with E-state index in [2.05, 4.69) is 191 Å². The van der Waals surface area contributed by atoms with Crippen molar-refractivity contribution in [3.05, 3.63) is 193 Å². The first-order chi connectivity index (χ1) is 24.8. The number of hydrogen-bond acceptors (Lipinski definition) is 1. The molecule has 0 radical (unpaired) electrons. The van der Waals surface area contributed by atoms with Crippen molar-refractivity contribution >= 4 is 28.0 Å². The van der Waals surface area contributed by atoms with Crippen LogP contribution < -0.4 is 4.90 Å². The fourth-order valence-electron chi connectivity index (χ4n) is 7.71. The van der Waals surface area contributed by atoms with Gasteiger partial charge in [-0.25, -0.2) is 0 Å². The molecule has 1 aliphatic carbocycles. The molecule has 0 spiro atoms. The van der Waals surface area contributed by atoms with Gasteiger partial charge >= 0.3 is 0 Å². The Kier molecular flexibility index (Phi) is 7.83. The van der Waals surface area contributed by atoms with E-state index in [0.717, 1.165) is 23.5 Å². The second kappa shape index (κ2) is 13.1. The summed E-state index contributed by atoms with van der Waals surface area (Å²) in [5, 5.41) is 1.41. The zero-order chi connectivity index (χ0) is 33.3. The summed E-state index contributed by atoms with van der Waals surface area (Å²) >= 11 is 0. The molecule has 0 amide bonds. The van der Waals surface area contributed by atoms with E-state index in [1.54, 1.807) is 5.56 Å². The molecule has 50 heavy (non-hydrogen) atoms. The topological polar surface area (TPSA) is 8.17 Å². The van der Waals surface area contributed by atoms with Crippen molar-refractivity contribution in [3.63, 3.8) is 0 Å². The highest BCUT2D eigenvalue weighted by atomic mass is 15.1. The Bertz CT molecular complexity index is 2290. The summed E-state index contributed by atoms with van der Waals surface area (Å²) in [5.74, 6) is 0. The number of rotatable bonds is 7. The highest BCUT2D eigenvalue weighted by molar-refractivity contribution is 5.88. The van der Waals surface area contributed by atoms with Gasteiger partial charge in [0, 0.05) is 33.8 Å².